The number of likely N-dealkylation sites (N-methyl/N-ethyl adjacent to an activating group) is 1. The second kappa shape index (κ2) is 6.41. The predicted octanol–water partition coefficient (Wildman–Crippen LogP) is 1.70. The van der Waals surface area contributed by atoms with Crippen LogP contribution in [0.15, 0.2) is 28.7 Å². The lowest BCUT2D eigenvalue weighted by Gasteiger charge is -2.14. The molecule has 0 aliphatic heterocycles. The third-order valence-electron chi connectivity index (χ3n) is 3.37. The van der Waals surface area contributed by atoms with Crippen LogP contribution in [-0.2, 0) is 11.3 Å². The number of furan rings is 1. The second-order valence-electron chi connectivity index (χ2n) is 4.72. The summed E-state index contributed by atoms with van der Waals surface area (Å²) in [4.78, 5) is 24.6. The van der Waals surface area contributed by atoms with Crippen molar-refractivity contribution >= 4 is 22.8 Å². The van der Waals surface area contributed by atoms with Gasteiger partial charge in [-0.2, -0.15) is 0 Å². The molecule has 2 aromatic rings. The highest BCUT2D eigenvalue weighted by molar-refractivity contribution is 5.95. The van der Waals surface area contributed by atoms with Crippen LogP contribution < -0.4 is 5.32 Å². The number of benzene rings is 1. The maximum atomic E-state index is 11.7. The van der Waals surface area contributed by atoms with Crippen LogP contribution in [0.25, 0.3) is 11.0 Å². The highest BCUT2D eigenvalue weighted by Gasteiger charge is 2.19. The number of carbonyl (C=O) groups excluding carboxylic acids is 1. The molecule has 21 heavy (non-hydrogen) atoms. The van der Waals surface area contributed by atoms with Crippen LogP contribution in [0.2, 0.25) is 0 Å². The van der Waals surface area contributed by atoms with Gasteiger partial charge >= 0.3 is 5.97 Å². The number of hydrogen-bond acceptors (Lipinski definition) is 4. The van der Waals surface area contributed by atoms with Crippen LogP contribution >= 0.6 is 0 Å². The molecule has 0 radical (unpaired) electrons. The standard InChI is InChI=1S/C15H18N2O4/c1-3-17(2)13(18)9-16-8-11-10-6-4-5-7-12(10)21-14(11)15(19)20/h4-7,16H,3,8-9H2,1-2H3,(H,19,20). The smallest absolute Gasteiger partial charge is 0.372 e. The number of nitrogens with zero attached hydrogens (tertiary/aromatic N) is 1. The van der Waals surface area contributed by atoms with Gasteiger partial charge in [-0.25, -0.2) is 4.79 Å². The van der Waals surface area contributed by atoms with E-state index in [1.54, 1.807) is 24.1 Å². The van der Waals surface area contributed by atoms with Crippen molar-refractivity contribution in [3.63, 3.8) is 0 Å². The molecule has 0 fully saturated rings. The molecule has 1 aromatic carbocycles. The Balaban J connectivity index is 2.16. The fourth-order valence-corrected chi connectivity index (χ4v) is 2.05. The maximum absolute atomic E-state index is 11.7. The van der Waals surface area contributed by atoms with E-state index < -0.39 is 5.97 Å². The van der Waals surface area contributed by atoms with Gasteiger partial charge in [0, 0.05) is 31.1 Å². The SMILES string of the molecule is CCN(C)C(=O)CNCc1c(C(=O)O)oc2ccccc12. The van der Waals surface area contributed by atoms with Gasteiger partial charge < -0.3 is 19.7 Å². The zero-order valence-corrected chi connectivity index (χ0v) is 12.0. The normalized spacial score (nSPS) is 10.8. The Hall–Kier alpha value is -2.34. The molecule has 0 bridgehead atoms. The lowest BCUT2D eigenvalue weighted by atomic mass is 10.1. The van der Waals surface area contributed by atoms with E-state index in [-0.39, 0.29) is 24.8 Å². The zero-order valence-electron chi connectivity index (χ0n) is 12.0. The van der Waals surface area contributed by atoms with E-state index >= 15 is 0 Å². The summed E-state index contributed by atoms with van der Waals surface area (Å²) >= 11 is 0. The van der Waals surface area contributed by atoms with Gasteiger partial charge in [0.15, 0.2) is 0 Å². The van der Waals surface area contributed by atoms with Gasteiger partial charge in [-0.05, 0) is 13.0 Å². The van der Waals surface area contributed by atoms with Crippen molar-refractivity contribution in [2.75, 3.05) is 20.1 Å². The van der Waals surface area contributed by atoms with Crippen molar-refractivity contribution in [1.82, 2.24) is 10.2 Å². The highest BCUT2D eigenvalue weighted by atomic mass is 16.4. The van der Waals surface area contributed by atoms with E-state index in [1.165, 1.54) is 0 Å². The Morgan fingerprint density at radius 1 is 1.33 bits per heavy atom. The minimum absolute atomic E-state index is 0.0397. The molecule has 6 nitrogen and oxygen atoms in total. The topological polar surface area (TPSA) is 82.8 Å². The van der Waals surface area contributed by atoms with Crippen LogP contribution in [0.1, 0.15) is 23.0 Å². The molecule has 0 saturated heterocycles. The molecule has 2 N–H and O–H groups in total. The summed E-state index contributed by atoms with van der Waals surface area (Å²) in [6, 6.07) is 7.14. The van der Waals surface area contributed by atoms with Gasteiger partial charge in [0.05, 0.1) is 6.54 Å². The summed E-state index contributed by atoms with van der Waals surface area (Å²) in [5.41, 5.74) is 1.09. The summed E-state index contributed by atoms with van der Waals surface area (Å²) in [5, 5.41) is 12.9. The number of carboxylic acids is 1. The lowest BCUT2D eigenvalue weighted by Crippen LogP contribution is -2.35. The van der Waals surface area contributed by atoms with Crippen LogP contribution in [0, 0.1) is 0 Å². The van der Waals surface area contributed by atoms with Crippen molar-refractivity contribution in [3.05, 3.63) is 35.6 Å². The molecular weight excluding hydrogens is 272 g/mol. The van der Waals surface area contributed by atoms with Crippen LogP contribution in [-0.4, -0.2) is 42.0 Å². The number of fused-ring (bicyclic) bond motifs is 1. The molecule has 1 heterocycles. The minimum atomic E-state index is -1.11. The van der Waals surface area contributed by atoms with Crippen molar-refractivity contribution in [2.24, 2.45) is 0 Å². The Morgan fingerprint density at radius 3 is 2.71 bits per heavy atom. The van der Waals surface area contributed by atoms with Crippen molar-refractivity contribution in [3.8, 4) is 0 Å². The molecule has 112 valence electrons. The first-order chi connectivity index (χ1) is 10.0. The third-order valence-corrected chi connectivity index (χ3v) is 3.37. The van der Waals surface area contributed by atoms with E-state index in [4.69, 9.17) is 4.42 Å². The van der Waals surface area contributed by atoms with Crippen LogP contribution in [0.3, 0.4) is 0 Å². The van der Waals surface area contributed by atoms with E-state index in [1.807, 2.05) is 19.1 Å². The number of carbonyl (C=O) groups is 2. The van der Waals surface area contributed by atoms with Crippen LogP contribution in [0.5, 0.6) is 0 Å². The molecule has 2 rings (SSSR count). The van der Waals surface area contributed by atoms with E-state index in [2.05, 4.69) is 5.32 Å². The first-order valence-electron chi connectivity index (χ1n) is 6.73. The number of rotatable bonds is 6. The van der Waals surface area contributed by atoms with Gasteiger partial charge in [-0.1, -0.05) is 18.2 Å². The molecule has 6 heteroatoms. The molecule has 0 spiro atoms. The van der Waals surface area contributed by atoms with Gasteiger partial charge in [0.2, 0.25) is 11.7 Å². The summed E-state index contributed by atoms with van der Waals surface area (Å²) in [5.74, 6) is -1.23. The monoisotopic (exact) mass is 290 g/mol. The summed E-state index contributed by atoms with van der Waals surface area (Å²) in [7, 11) is 1.72. The quantitative estimate of drug-likeness (QED) is 0.846. The zero-order chi connectivity index (χ0) is 15.4. The van der Waals surface area contributed by atoms with Crippen molar-refractivity contribution in [2.45, 2.75) is 13.5 Å². The fraction of sp³-hybridized carbons (Fsp3) is 0.333. The molecular formula is C15H18N2O4. The van der Waals surface area contributed by atoms with Gasteiger partial charge in [0.25, 0.3) is 0 Å². The first-order valence-corrected chi connectivity index (χ1v) is 6.73. The minimum Gasteiger partial charge on any atom is -0.475 e. The van der Waals surface area contributed by atoms with E-state index in [0.29, 0.717) is 17.7 Å². The molecule has 0 aliphatic carbocycles. The third kappa shape index (κ3) is 3.22. The van der Waals surface area contributed by atoms with Gasteiger partial charge in [-0.15, -0.1) is 0 Å². The van der Waals surface area contributed by atoms with Gasteiger partial charge in [-0.3, -0.25) is 4.79 Å². The summed E-state index contributed by atoms with van der Waals surface area (Å²) in [6.07, 6.45) is 0. The molecule has 1 aromatic heterocycles. The molecule has 0 saturated carbocycles. The van der Waals surface area contributed by atoms with Crippen molar-refractivity contribution in [1.29, 1.82) is 0 Å². The molecule has 0 atom stereocenters. The average molecular weight is 290 g/mol. The van der Waals surface area contributed by atoms with Crippen LogP contribution in [0.4, 0.5) is 0 Å². The fourth-order valence-electron chi connectivity index (χ4n) is 2.05. The number of aromatic carboxylic acids is 1. The predicted molar refractivity (Wildman–Crippen MR) is 78.2 cm³/mol. The first kappa shape index (κ1) is 15.1. The largest absolute Gasteiger partial charge is 0.475 e. The molecule has 1 amide bonds. The number of amides is 1. The second-order valence-corrected chi connectivity index (χ2v) is 4.72. The van der Waals surface area contributed by atoms with E-state index in [0.717, 1.165) is 5.39 Å². The Labute approximate surface area is 122 Å². The lowest BCUT2D eigenvalue weighted by molar-refractivity contribution is -0.128. The Morgan fingerprint density at radius 2 is 2.05 bits per heavy atom. The summed E-state index contributed by atoms with van der Waals surface area (Å²) in [6.45, 7) is 2.95. The number of nitrogens with one attached hydrogen (secondary N) is 1. The molecule has 0 aliphatic rings. The Bertz CT molecular complexity index is 663. The number of carboxylic acid groups (broad SMARTS) is 1. The highest BCUT2D eigenvalue weighted by Crippen LogP contribution is 2.25. The average Bonchev–Trinajstić information content (AvgIpc) is 2.85. The van der Waals surface area contributed by atoms with Crippen molar-refractivity contribution < 1.29 is 19.1 Å². The number of para-hydroxylation sites is 1. The van der Waals surface area contributed by atoms with E-state index in [9.17, 15) is 14.7 Å². The van der Waals surface area contributed by atoms with Gasteiger partial charge in [0.1, 0.15) is 5.58 Å². The Kier molecular flexibility index (Phi) is 4.59. The maximum Gasteiger partial charge on any atom is 0.372 e. The molecule has 0 unspecified atom stereocenters. The number of hydrogen-bond donors (Lipinski definition) is 2. The summed E-state index contributed by atoms with van der Waals surface area (Å²) < 4.78 is 5.35.